The molecule has 0 radical (unpaired) electrons. The van der Waals surface area contributed by atoms with E-state index in [0.717, 1.165) is 33.6 Å². The molecule has 0 saturated heterocycles. The maximum absolute atomic E-state index is 11.9. The highest BCUT2D eigenvalue weighted by molar-refractivity contribution is 6.12. The highest BCUT2D eigenvalue weighted by Gasteiger charge is 2.19. The number of benzene rings is 2. The largest absolute Gasteiger partial charge is 0.492 e. The molecule has 0 aliphatic heterocycles. The zero-order chi connectivity index (χ0) is 26.0. The van der Waals surface area contributed by atoms with Gasteiger partial charge in [-0.15, -0.1) is 0 Å². The maximum atomic E-state index is 11.9. The number of oxime groups is 1. The van der Waals surface area contributed by atoms with Gasteiger partial charge in [-0.05, 0) is 42.8 Å². The first-order valence-corrected chi connectivity index (χ1v) is 12.2. The van der Waals surface area contributed by atoms with Gasteiger partial charge in [0.05, 0.1) is 19.3 Å². The quantitative estimate of drug-likeness (QED) is 0.160. The maximum Gasteiger partial charge on any atom is 0.335 e. The number of carbonyl (C=O) groups is 1. The van der Waals surface area contributed by atoms with Gasteiger partial charge in [0.15, 0.2) is 6.10 Å². The Bertz CT molecular complexity index is 1330. The van der Waals surface area contributed by atoms with E-state index in [1.165, 1.54) is 14.2 Å². The van der Waals surface area contributed by atoms with E-state index in [0.29, 0.717) is 31.9 Å². The molecule has 192 valence electrons. The Morgan fingerprint density at radius 1 is 1.00 bits per heavy atom. The Labute approximate surface area is 216 Å². The van der Waals surface area contributed by atoms with Crippen LogP contribution in [0, 0.1) is 0 Å². The monoisotopic (exact) mass is 501 g/mol. The van der Waals surface area contributed by atoms with Crippen LogP contribution < -0.4 is 4.74 Å². The number of pyridine rings is 1. The van der Waals surface area contributed by atoms with Crippen LogP contribution in [-0.4, -0.2) is 54.8 Å². The molecule has 0 unspecified atom stereocenters. The van der Waals surface area contributed by atoms with Crippen LogP contribution in [0.2, 0.25) is 0 Å². The number of nitrogens with zero attached hydrogens (tertiary/aromatic N) is 3. The number of esters is 1. The third-order valence-corrected chi connectivity index (χ3v) is 5.86. The number of rotatable bonds is 12. The van der Waals surface area contributed by atoms with Gasteiger partial charge in [0.25, 0.3) is 0 Å². The van der Waals surface area contributed by atoms with Crippen LogP contribution in [0.1, 0.15) is 23.7 Å². The van der Waals surface area contributed by atoms with Crippen molar-refractivity contribution in [1.29, 1.82) is 0 Å². The first-order chi connectivity index (χ1) is 18.1. The Balaban J connectivity index is 1.41. The molecule has 0 aliphatic carbocycles. The Morgan fingerprint density at radius 2 is 1.78 bits per heavy atom. The lowest BCUT2D eigenvalue weighted by molar-refractivity contribution is -0.153. The standard InChI is InChI=1S/C29H31N3O5/c1-4-36-26(29(33)34-2)20-21-10-13-24(14-11-21)37-19-18-32-17-16-23-12-15-25(30-28(23)32)27(31-35-3)22-8-6-5-7-9-22/h5-17,26H,4,18-20H2,1-3H3/t26-/m0/s1. The van der Waals surface area contributed by atoms with Crippen LogP contribution in [0.25, 0.3) is 11.0 Å². The number of ether oxygens (including phenoxy) is 3. The molecule has 2 aromatic carbocycles. The van der Waals surface area contributed by atoms with Gasteiger partial charge in [0, 0.05) is 30.2 Å². The summed E-state index contributed by atoms with van der Waals surface area (Å²) in [6, 6.07) is 23.5. The van der Waals surface area contributed by atoms with Crippen LogP contribution in [0.4, 0.5) is 0 Å². The third-order valence-electron chi connectivity index (χ3n) is 5.86. The SMILES string of the molecule is CCO[C@@H](Cc1ccc(OCCn2ccc3ccc(C(=NOC)c4ccccc4)nc32)cc1)C(=O)OC. The molecule has 37 heavy (non-hydrogen) atoms. The van der Waals surface area contributed by atoms with Gasteiger partial charge in [0.2, 0.25) is 0 Å². The fourth-order valence-corrected chi connectivity index (χ4v) is 4.05. The molecule has 4 rings (SSSR count). The van der Waals surface area contributed by atoms with Crippen molar-refractivity contribution in [2.75, 3.05) is 27.4 Å². The summed E-state index contributed by atoms with van der Waals surface area (Å²) < 4.78 is 18.4. The lowest BCUT2D eigenvalue weighted by Crippen LogP contribution is -2.28. The summed E-state index contributed by atoms with van der Waals surface area (Å²) in [5, 5.41) is 5.26. The number of aromatic nitrogens is 2. The zero-order valence-electron chi connectivity index (χ0n) is 21.3. The summed E-state index contributed by atoms with van der Waals surface area (Å²) in [6.07, 6.45) is 1.84. The fraction of sp³-hybridized carbons (Fsp3) is 0.276. The van der Waals surface area contributed by atoms with Crippen molar-refractivity contribution in [3.63, 3.8) is 0 Å². The van der Waals surface area contributed by atoms with Crippen LogP contribution in [0.3, 0.4) is 0 Å². The Morgan fingerprint density at radius 3 is 2.49 bits per heavy atom. The zero-order valence-corrected chi connectivity index (χ0v) is 21.3. The minimum Gasteiger partial charge on any atom is -0.492 e. The third kappa shape index (κ3) is 6.54. The highest BCUT2D eigenvalue weighted by atomic mass is 16.6. The molecule has 2 heterocycles. The van der Waals surface area contributed by atoms with Crippen LogP contribution in [0.15, 0.2) is 84.1 Å². The van der Waals surface area contributed by atoms with Gasteiger partial charge in [-0.2, -0.15) is 0 Å². The molecule has 1 atom stereocenters. The van der Waals surface area contributed by atoms with Crippen molar-refractivity contribution in [1.82, 2.24) is 9.55 Å². The van der Waals surface area contributed by atoms with Crippen molar-refractivity contribution >= 4 is 22.7 Å². The van der Waals surface area contributed by atoms with E-state index in [1.54, 1.807) is 0 Å². The number of carbonyl (C=O) groups excluding carboxylic acids is 1. The highest BCUT2D eigenvalue weighted by Crippen LogP contribution is 2.19. The second-order valence-electron chi connectivity index (χ2n) is 8.27. The van der Waals surface area contributed by atoms with Crippen molar-refractivity contribution < 1.29 is 23.8 Å². The minimum atomic E-state index is -0.613. The normalized spacial score (nSPS) is 12.4. The van der Waals surface area contributed by atoms with Gasteiger partial charge in [0.1, 0.15) is 30.8 Å². The van der Waals surface area contributed by atoms with Crippen LogP contribution in [-0.2, 0) is 32.1 Å². The lowest BCUT2D eigenvalue weighted by Gasteiger charge is -2.15. The summed E-state index contributed by atoms with van der Waals surface area (Å²) in [4.78, 5) is 21.9. The van der Waals surface area contributed by atoms with Crippen LogP contribution >= 0.6 is 0 Å². The summed E-state index contributed by atoms with van der Waals surface area (Å²) in [6.45, 7) is 3.39. The smallest absolute Gasteiger partial charge is 0.335 e. The van der Waals surface area contributed by atoms with Crippen molar-refractivity contribution in [2.24, 2.45) is 5.16 Å². The number of hydrogen-bond donors (Lipinski definition) is 0. The van der Waals surface area contributed by atoms with E-state index in [2.05, 4.69) is 9.72 Å². The molecule has 2 aromatic heterocycles. The van der Waals surface area contributed by atoms with E-state index in [-0.39, 0.29) is 5.97 Å². The van der Waals surface area contributed by atoms with E-state index in [4.69, 9.17) is 24.0 Å². The number of fused-ring (bicyclic) bond motifs is 1. The fourth-order valence-electron chi connectivity index (χ4n) is 4.05. The molecule has 0 N–H and O–H groups in total. The molecular formula is C29H31N3O5. The molecule has 0 amide bonds. The summed E-state index contributed by atoms with van der Waals surface area (Å²) in [5.41, 5.74) is 4.15. The predicted molar refractivity (Wildman–Crippen MR) is 142 cm³/mol. The summed E-state index contributed by atoms with van der Waals surface area (Å²) >= 11 is 0. The van der Waals surface area contributed by atoms with E-state index in [1.807, 2.05) is 85.9 Å². The number of methoxy groups -OCH3 is 1. The first-order valence-electron chi connectivity index (χ1n) is 12.2. The lowest BCUT2D eigenvalue weighted by atomic mass is 10.1. The molecule has 0 saturated carbocycles. The predicted octanol–water partition coefficient (Wildman–Crippen LogP) is 4.63. The second kappa shape index (κ2) is 12.7. The van der Waals surface area contributed by atoms with E-state index < -0.39 is 6.10 Å². The van der Waals surface area contributed by atoms with Crippen molar-refractivity contribution in [3.05, 3.63) is 95.8 Å². The molecule has 0 bridgehead atoms. The van der Waals surface area contributed by atoms with Gasteiger partial charge in [-0.25, -0.2) is 9.78 Å². The van der Waals surface area contributed by atoms with E-state index in [9.17, 15) is 4.79 Å². The molecule has 0 aliphatic rings. The number of hydrogen-bond acceptors (Lipinski definition) is 7. The molecule has 8 nitrogen and oxygen atoms in total. The average Bonchev–Trinajstić information content (AvgIpc) is 3.34. The Hall–Kier alpha value is -4.17. The van der Waals surface area contributed by atoms with Crippen molar-refractivity contribution in [3.8, 4) is 5.75 Å². The molecule has 4 aromatic rings. The van der Waals surface area contributed by atoms with Gasteiger partial charge in [-0.1, -0.05) is 47.6 Å². The van der Waals surface area contributed by atoms with Gasteiger partial charge < -0.3 is 23.6 Å². The summed E-state index contributed by atoms with van der Waals surface area (Å²) in [7, 11) is 2.90. The Kier molecular flexibility index (Phi) is 8.89. The molecule has 0 fully saturated rings. The molecule has 0 spiro atoms. The molecular weight excluding hydrogens is 470 g/mol. The molecule has 8 heteroatoms. The van der Waals surface area contributed by atoms with Gasteiger partial charge >= 0.3 is 5.97 Å². The van der Waals surface area contributed by atoms with E-state index >= 15 is 0 Å². The first kappa shape index (κ1) is 25.9. The minimum absolute atomic E-state index is 0.373. The van der Waals surface area contributed by atoms with Crippen LogP contribution in [0.5, 0.6) is 5.75 Å². The van der Waals surface area contributed by atoms with Gasteiger partial charge in [-0.3, -0.25) is 0 Å². The summed E-state index contributed by atoms with van der Waals surface area (Å²) in [5.74, 6) is 0.376. The second-order valence-corrected chi connectivity index (χ2v) is 8.27. The average molecular weight is 502 g/mol. The topological polar surface area (TPSA) is 84.2 Å². The van der Waals surface area contributed by atoms with Crippen molar-refractivity contribution in [2.45, 2.75) is 26.0 Å².